The summed E-state index contributed by atoms with van der Waals surface area (Å²) < 4.78 is 0. The Kier molecular flexibility index (Phi) is 3.93. The number of nitrogens with one attached hydrogen (secondary N) is 2. The van der Waals surface area contributed by atoms with Crippen LogP contribution in [0.3, 0.4) is 0 Å². The van der Waals surface area contributed by atoms with Crippen LogP contribution in [0.1, 0.15) is 23.0 Å². The van der Waals surface area contributed by atoms with Gasteiger partial charge in [0.05, 0.1) is 11.4 Å². The van der Waals surface area contributed by atoms with Gasteiger partial charge in [0.2, 0.25) is 0 Å². The van der Waals surface area contributed by atoms with E-state index in [9.17, 15) is 4.79 Å². The second kappa shape index (κ2) is 5.64. The van der Waals surface area contributed by atoms with Crippen LogP contribution in [0.2, 0.25) is 0 Å². The number of aromatic amines is 1. The number of nitrogen functional groups attached to an aromatic ring is 1. The second-order valence-electron chi connectivity index (χ2n) is 4.75. The molecule has 2 aromatic rings. The first-order valence-corrected chi connectivity index (χ1v) is 6.43. The fourth-order valence-electron chi connectivity index (χ4n) is 1.90. The van der Waals surface area contributed by atoms with E-state index < -0.39 is 0 Å². The lowest BCUT2D eigenvalue weighted by Crippen LogP contribution is -2.15. The normalized spacial score (nSPS) is 10.3. The average Bonchev–Trinajstić information content (AvgIpc) is 2.85. The number of amides is 1. The Hall–Kier alpha value is -2.50. The highest BCUT2D eigenvalue weighted by Crippen LogP contribution is 2.22. The molecule has 20 heavy (non-hydrogen) atoms. The van der Waals surface area contributed by atoms with Gasteiger partial charge in [-0.2, -0.15) is 5.10 Å². The molecule has 1 aromatic heterocycles. The minimum Gasteiger partial charge on any atom is -0.397 e. The smallest absolute Gasteiger partial charge is 0.256 e. The number of H-pyrrole nitrogens is 1. The Bertz CT molecular complexity index is 618. The molecule has 1 amide bonds. The van der Waals surface area contributed by atoms with Gasteiger partial charge in [0.1, 0.15) is 0 Å². The maximum atomic E-state index is 12.1. The number of carbonyl (C=O) groups excluding carboxylic acids is 1. The van der Waals surface area contributed by atoms with Crippen molar-refractivity contribution >= 4 is 23.1 Å². The van der Waals surface area contributed by atoms with E-state index in [1.165, 1.54) is 0 Å². The standard InChI is InChI=1S/C14H19N5O/c1-4-10-8-13(18-17-10)16-14(20)9-5-6-12(19(2)3)11(15)7-9/h5-8H,4,15H2,1-3H3,(H2,16,17,18,20). The van der Waals surface area contributed by atoms with Crippen molar-refractivity contribution in [3.05, 3.63) is 35.5 Å². The van der Waals surface area contributed by atoms with Crippen molar-refractivity contribution in [3.63, 3.8) is 0 Å². The molecule has 0 fully saturated rings. The third-order valence-electron chi connectivity index (χ3n) is 3.02. The Labute approximate surface area is 118 Å². The number of nitrogens with two attached hydrogens (primary N) is 1. The van der Waals surface area contributed by atoms with Crippen LogP contribution in [-0.4, -0.2) is 30.2 Å². The predicted molar refractivity (Wildman–Crippen MR) is 81.1 cm³/mol. The summed E-state index contributed by atoms with van der Waals surface area (Å²) in [4.78, 5) is 14.0. The fraction of sp³-hybridized carbons (Fsp3) is 0.286. The molecule has 0 aliphatic heterocycles. The first-order valence-electron chi connectivity index (χ1n) is 6.43. The minimum absolute atomic E-state index is 0.226. The third-order valence-corrected chi connectivity index (χ3v) is 3.02. The summed E-state index contributed by atoms with van der Waals surface area (Å²) in [7, 11) is 3.81. The van der Waals surface area contributed by atoms with Gasteiger partial charge in [-0.05, 0) is 24.6 Å². The number of hydrogen-bond donors (Lipinski definition) is 3. The summed E-state index contributed by atoms with van der Waals surface area (Å²) in [6, 6.07) is 7.05. The van der Waals surface area contributed by atoms with E-state index >= 15 is 0 Å². The van der Waals surface area contributed by atoms with Crippen LogP contribution in [0.4, 0.5) is 17.2 Å². The molecule has 0 aliphatic rings. The summed E-state index contributed by atoms with van der Waals surface area (Å²) in [5, 5.41) is 9.61. The van der Waals surface area contributed by atoms with Gasteiger partial charge in [-0.15, -0.1) is 0 Å². The van der Waals surface area contributed by atoms with Crippen molar-refractivity contribution in [3.8, 4) is 0 Å². The van der Waals surface area contributed by atoms with Crippen LogP contribution in [0.5, 0.6) is 0 Å². The van der Waals surface area contributed by atoms with Gasteiger partial charge in [0.15, 0.2) is 5.82 Å². The molecule has 1 aromatic carbocycles. The highest BCUT2D eigenvalue weighted by Gasteiger charge is 2.11. The highest BCUT2D eigenvalue weighted by molar-refractivity contribution is 6.04. The molecule has 0 saturated carbocycles. The monoisotopic (exact) mass is 273 g/mol. The quantitative estimate of drug-likeness (QED) is 0.742. The molecular weight excluding hydrogens is 254 g/mol. The van der Waals surface area contributed by atoms with Crippen LogP contribution in [0, 0.1) is 0 Å². The molecule has 106 valence electrons. The molecule has 0 atom stereocenters. The number of hydrogen-bond acceptors (Lipinski definition) is 4. The van der Waals surface area contributed by atoms with E-state index in [1.807, 2.05) is 38.1 Å². The summed E-state index contributed by atoms with van der Waals surface area (Å²) in [6.07, 6.45) is 0.841. The summed E-state index contributed by atoms with van der Waals surface area (Å²) in [5.41, 5.74) is 8.87. The van der Waals surface area contributed by atoms with Gasteiger partial charge in [-0.1, -0.05) is 6.92 Å². The number of anilines is 3. The average molecular weight is 273 g/mol. The first kappa shape index (κ1) is 13.9. The van der Waals surface area contributed by atoms with E-state index in [0.29, 0.717) is 17.1 Å². The van der Waals surface area contributed by atoms with Gasteiger partial charge in [-0.3, -0.25) is 9.89 Å². The zero-order chi connectivity index (χ0) is 14.7. The van der Waals surface area contributed by atoms with E-state index in [1.54, 1.807) is 12.1 Å². The van der Waals surface area contributed by atoms with E-state index in [-0.39, 0.29) is 5.91 Å². The number of aryl methyl sites for hydroxylation is 1. The van der Waals surface area contributed by atoms with Gasteiger partial charge in [-0.25, -0.2) is 0 Å². The Morgan fingerprint density at radius 2 is 2.15 bits per heavy atom. The highest BCUT2D eigenvalue weighted by atomic mass is 16.1. The third kappa shape index (κ3) is 2.90. The number of carbonyl (C=O) groups is 1. The van der Waals surface area contributed by atoms with Crippen LogP contribution < -0.4 is 16.0 Å². The predicted octanol–water partition coefficient (Wildman–Crippen LogP) is 1.87. The van der Waals surface area contributed by atoms with Crippen molar-refractivity contribution in [1.29, 1.82) is 0 Å². The molecule has 6 heteroatoms. The summed E-state index contributed by atoms with van der Waals surface area (Å²) in [5.74, 6) is 0.290. The van der Waals surface area contributed by atoms with Crippen molar-refractivity contribution in [2.75, 3.05) is 30.0 Å². The zero-order valence-corrected chi connectivity index (χ0v) is 11.9. The summed E-state index contributed by atoms with van der Waals surface area (Å²) >= 11 is 0. The number of nitrogens with zero attached hydrogens (tertiary/aromatic N) is 2. The topological polar surface area (TPSA) is 87.0 Å². The lowest BCUT2D eigenvalue weighted by molar-refractivity contribution is 0.102. The summed E-state index contributed by atoms with van der Waals surface area (Å²) in [6.45, 7) is 2.01. The van der Waals surface area contributed by atoms with Gasteiger partial charge < -0.3 is 16.0 Å². The zero-order valence-electron chi connectivity index (χ0n) is 11.9. The van der Waals surface area contributed by atoms with E-state index in [4.69, 9.17) is 5.73 Å². The maximum Gasteiger partial charge on any atom is 0.256 e. The number of rotatable bonds is 4. The molecular formula is C14H19N5O. The Morgan fingerprint density at radius 1 is 1.40 bits per heavy atom. The molecule has 6 nitrogen and oxygen atoms in total. The van der Waals surface area contributed by atoms with E-state index in [0.717, 1.165) is 17.8 Å². The van der Waals surface area contributed by atoms with Crippen LogP contribution in [0.25, 0.3) is 0 Å². The van der Waals surface area contributed by atoms with Crippen molar-refractivity contribution in [2.24, 2.45) is 0 Å². The molecule has 0 radical (unpaired) electrons. The largest absolute Gasteiger partial charge is 0.397 e. The number of aromatic nitrogens is 2. The van der Waals surface area contributed by atoms with Gasteiger partial charge in [0, 0.05) is 31.4 Å². The minimum atomic E-state index is -0.226. The lowest BCUT2D eigenvalue weighted by Gasteiger charge is -2.15. The SMILES string of the molecule is CCc1cc(NC(=O)c2ccc(N(C)C)c(N)c2)n[nH]1. The van der Waals surface area contributed by atoms with Crippen LogP contribution >= 0.6 is 0 Å². The van der Waals surface area contributed by atoms with Crippen molar-refractivity contribution < 1.29 is 4.79 Å². The molecule has 2 rings (SSSR count). The molecule has 0 bridgehead atoms. The molecule has 4 N–H and O–H groups in total. The van der Waals surface area contributed by atoms with Crippen molar-refractivity contribution in [2.45, 2.75) is 13.3 Å². The Balaban J connectivity index is 2.15. The molecule has 1 heterocycles. The number of benzene rings is 1. The van der Waals surface area contributed by atoms with Gasteiger partial charge in [0.25, 0.3) is 5.91 Å². The van der Waals surface area contributed by atoms with Gasteiger partial charge >= 0.3 is 0 Å². The molecule has 0 unspecified atom stereocenters. The lowest BCUT2D eigenvalue weighted by atomic mass is 10.1. The van der Waals surface area contributed by atoms with Crippen molar-refractivity contribution in [1.82, 2.24) is 10.2 Å². The Morgan fingerprint density at radius 3 is 2.70 bits per heavy atom. The first-order chi connectivity index (χ1) is 9.51. The van der Waals surface area contributed by atoms with E-state index in [2.05, 4.69) is 15.5 Å². The fourth-order valence-corrected chi connectivity index (χ4v) is 1.90. The molecule has 0 saturated heterocycles. The molecule has 0 spiro atoms. The maximum absolute atomic E-state index is 12.1. The van der Waals surface area contributed by atoms with Crippen LogP contribution in [0.15, 0.2) is 24.3 Å². The van der Waals surface area contributed by atoms with Crippen LogP contribution in [-0.2, 0) is 6.42 Å². The second-order valence-corrected chi connectivity index (χ2v) is 4.75. The molecule has 0 aliphatic carbocycles.